The Balaban J connectivity index is 2.13. The summed E-state index contributed by atoms with van der Waals surface area (Å²) in [6.07, 6.45) is 3.46. The lowest BCUT2D eigenvalue weighted by Crippen LogP contribution is -2.45. The molecule has 0 bridgehead atoms. The summed E-state index contributed by atoms with van der Waals surface area (Å²) in [6, 6.07) is -0.0316. The van der Waals surface area contributed by atoms with E-state index in [0.29, 0.717) is 6.54 Å². The van der Waals surface area contributed by atoms with Gasteiger partial charge in [0.15, 0.2) is 5.03 Å². The molecule has 0 aromatic carbocycles. The van der Waals surface area contributed by atoms with Crippen LogP contribution in [-0.4, -0.2) is 37.1 Å². The van der Waals surface area contributed by atoms with Crippen molar-refractivity contribution in [2.75, 3.05) is 13.1 Å². The molecule has 0 radical (unpaired) electrons. The van der Waals surface area contributed by atoms with Gasteiger partial charge in [0.25, 0.3) is 10.0 Å². The molecule has 1 aromatic rings. The van der Waals surface area contributed by atoms with Crippen LogP contribution in [0.5, 0.6) is 0 Å². The largest absolute Gasteiger partial charge is 0.334 e. The summed E-state index contributed by atoms with van der Waals surface area (Å²) in [7, 11) is -3.49. The van der Waals surface area contributed by atoms with Crippen LogP contribution in [0.15, 0.2) is 11.2 Å². The first-order valence-electron chi connectivity index (χ1n) is 6.29. The Bertz CT molecular complexity index is 503. The Kier molecular flexibility index (Phi) is 4.04. The highest BCUT2D eigenvalue weighted by Crippen LogP contribution is 2.11. The van der Waals surface area contributed by atoms with Crippen LogP contribution in [0.4, 0.5) is 0 Å². The smallest absolute Gasteiger partial charge is 0.259 e. The standard InChI is InChI=1S/C11H20N4O2S/c1-3-15-8-11(13-9(15)2)18(16,17)14-10-5-4-6-12-7-10/h8,10,12,14H,3-7H2,1-2H3. The van der Waals surface area contributed by atoms with Crippen molar-refractivity contribution in [3.63, 3.8) is 0 Å². The molecule has 18 heavy (non-hydrogen) atoms. The number of nitrogens with one attached hydrogen (secondary N) is 2. The van der Waals surface area contributed by atoms with Crippen molar-refractivity contribution in [2.24, 2.45) is 0 Å². The molecular weight excluding hydrogens is 252 g/mol. The molecule has 7 heteroatoms. The molecule has 102 valence electrons. The highest BCUT2D eigenvalue weighted by molar-refractivity contribution is 7.89. The van der Waals surface area contributed by atoms with E-state index in [2.05, 4.69) is 15.0 Å². The van der Waals surface area contributed by atoms with Crippen LogP contribution >= 0.6 is 0 Å². The molecule has 0 spiro atoms. The van der Waals surface area contributed by atoms with Gasteiger partial charge in [-0.25, -0.2) is 18.1 Å². The number of hydrogen-bond acceptors (Lipinski definition) is 4. The summed E-state index contributed by atoms with van der Waals surface area (Å²) in [5, 5.41) is 3.30. The number of aromatic nitrogens is 2. The van der Waals surface area contributed by atoms with Gasteiger partial charge in [0.1, 0.15) is 5.82 Å². The lowest BCUT2D eigenvalue weighted by molar-refractivity contribution is 0.428. The molecule has 6 nitrogen and oxygen atoms in total. The maximum atomic E-state index is 12.2. The minimum absolute atomic E-state index is 0.0316. The summed E-state index contributed by atoms with van der Waals surface area (Å²) in [4.78, 5) is 4.11. The van der Waals surface area contributed by atoms with E-state index < -0.39 is 10.0 Å². The number of hydrogen-bond donors (Lipinski definition) is 2. The Hall–Kier alpha value is -0.920. The van der Waals surface area contributed by atoms with Crippen molar-refractivity contribution in [3.05, 3.63) is 12.0 Å². The van der Waals surface area contributed by atoms with E-state index in [1.165, 1.54) is 0 Å². The molecule has 1 unspecified atom stereocenters. The van der Waals surface area contributed by atoms with Gasteiger partial charge in [-0.15, -0.1) is 0 Å². The normalized spacial score (nSPS) is 21.1. The van der Waals surface area contributed by atoms with Crippen molar-refractivity contribution in [1.82, 2.24) is 19.6 Å². The number of nitrogens with zero attached hydrogens (tertiary/aromatic N) is 2. The molecule has 1 fully saturated rings. The molecule has 1 aromatic heterocycles. The predicted molar refractivity (Wildman–Crippen MR) is 68.9 cm³/mol. The zero-order chi connectivity index (χ0) is 13.2. The first kappa shape index (κ1) is 13.5. The molecule has 2 rings (SSSR count). The molecule has 1 atom stereocenters. The third kappa shape index (κ3) is 2.90. The van der Waals surface area contributed by atoms with Crippen LogP contribution in [-0.2, 0) is 16.6 Å². The lowest BCUT2D eigenvalue weighted by Gasteiger charge is -2.23. The molecule has 1 saturated heterocycles. The van der Waals surface area contributed by atoms with E-state index in [4.69, 9.17) is 0 Å². The van der Waals surface area contributed by atoms with Gasteiger partial charge in [0.2, 0.25) is 0 Å². The number of sulfonamides is 1. The summed E-state index contributed by atoms with van der Waals surface area (Å²) in [5.41, 5.74) is 0. The van der Waals surface area contributed by atoms with E-state index in [9.17, 15) is 8.42 Å². The Morgan fingerprint density at radius 1 is 1.61 bits per heavy atom. The highest BCUT2D eigenvalue weighted by atomic mass is 32.2. The average Bonchev–Trinajstić information content (AvgIpc) is 2.72. The minimum atomic E-state index is -3.49. The molecule has 2 N–H and O–H groups in total. The average molecular weight is 272 g/mol. The van der Waals surface area contributed by atoms with E-state index in [-0.39, 0.29) is 11.1 Å². The molecule has 1 aliphatic rings. The fourth-order valence-corrected chi connectivity index (χ4v) is 3.44. The maximum Gasteiger partial charge on any atom is 0.259 e. The number of rotatable bonds is 4. The van der Waals surface area contributed by atoms with E-state index in [1.807, 2.05) is 18.4 Å². The predicted octanol–water partition coefficient (Wildman–Crippen LogP) is 0.242. The fourth-order valence-electron chi connectivity index (χ4n) is 2.16. The van der Waals surface area contributed by atoms with Crippen molar-refractivity contribution in [3.8, 4) is 0 Å². The Morgan fingerprint density at radius 3 is 2.94 bits per heavy atom. The van der Waals surface area contributed by atoms with Crippen LogP contribution in [0.3, 0.4) is 0 Å². The molecule has 1 aliphatic heterocycles. The van der Waals surface area contributed by atoms with Gasteiger partial charge < -0.3 is 9.88 Å². The van der Waals surface area contributed by atoms with Gasteiger partial charge in [-0.1, -0.05) is 0 Å². The topological polar surface area (TPSA) is 76.0 Å². The van der Waals surface area contributed by atoms with Crippen LogP contribution in [0.25, 0.3) is 0 Å². The summed E-state index contributed by atoms with van der Waals surface area (Å²) in [5.74, 6) is 0.722. The van der Waals surface area contributed by atoms with Gasteiger partial charge >= 0.3 is 0 Å². The number of imidazole rings is 1. The summed E-state index contributed by atoms with van der Waals surface area (Å²) < 4.78 is 28.9. The third-order valence-electron chi connectivity index (χ3n) is 3.19. The molecule has 0 saturated carbocycles. The third-order valence-corrected chi connectivity index (χ3v) is 4.58. The second kappa shape index (κ2) is 5.38. The van der Waals surface area contributed by atoms with Crippen molar-refractivity contribution in [2.45, 2.75) is 44.3 Å². The molecule has 0 aliphatic carbocycles. The van der Waals surface area contributed by atoms with Crippen LogP contribution in [0.2, 0.25) is 0 Å². The highest BCUT2D eigenvalue weighted by Gasteiger charge is 2.24. The second-order valence-corrected chi connectivity index (χ2v) is 6.24. The van der Waals surface area contributed by atoms with E-state index in [1.54, 1.807) is 6.20 Å². The first-order chi connectivity index (χ1) is 8.53. The summed E-state index contributed by atoms with van der Waals surface area (Å²) >= 11 is 0. The lowest BCUT2D eigenvalue weighted by atomic mass is 10.1. The Labute approximate surface area is 108 Å². The Morgan fingerprint density at radius 2 is 2.39 bits per heavy atom. The van der Waals surface area contributed by atoms with Gasteiger partial charge in [-0.05, 0) is 33.2 Å². The van der Waals surface area contributed by atoms with E-state index >= 15 is 0 Å². The summed E-state index contributed by atoms with van der Waals surface area (Å²) in [6.45, 7) is 6.14. The minimum Gasteiger partial charge on any atom is -0.334 e. The fraction of sp³-hybridized carbons (Fsp3) is 0.727. The maximum absolute atomic E-state index is 12.2. The van der Waals surface area contributed by atoms with Crippen molar-refractivity contribution < 1.29 is 8.42 Å². The molecule has 2 heterocycles. The van der Waals surface area contributed by atoms with Crippen LogP contribution < -0.4 is 10.0 Å². The van der Waals surface area contributed by atoms with Crippen LogP contribution in [0, 0.1) is 6.92 Å². The zero-order valence-corrected chi connectivity index (χ0v) is 11.6. The molecule has 0 amide bonds. The van der Waals surface area contributed by atoms with Gasteiger partial charge in [0, 0.05) is 25.3 Å². The van der Waals surface area contributed by atoms with Crippen molar-refractivity contribution >= 4 is 10.0 Å². The number of piperidine rings is 1. The first-order valence-corrected chi connectivity index (χ1v) is 7.78. The molecular formula is C11H20N4O2S. The van der Waals surface area contributed by atoms with Crippen LogP contribution in [0.1, 0.15) is 25.6 Å². The van der Waals surface area contributed by atoms with Gasteiger partial charge in [0.05, 0.1) is 0 Å². The zero-order valence-electron chi connectivity index (χ0n) is 10.8. The quantitative estimate of drug-likeness (QED) is 0.823. The monoisotopic (exact) mass is 272 g/mol. The van der Waals surface area contributed by atoms with E-state index in [0.717, 1.165) is 31.8 Å². The van der Waals surface area contributed by atoms with Gasteiger partial charge in [-0.2, -0.15) is 0 Å². The second-order valence-electron chi connectivity index (χ2n) is 4.58. The number of aryl methyl sites for hydroxylation is 2. The SMILES string of the molecule is CCn1cc(S(=O)(=O)NC2CCCNC2)nc1C. The van der Waals surface area contributed by atoms with Gasteiger partial charge in [-0.3, -0.25) is 0 Å². The van der Waals surface area contributed by atoms with Crippen molar-refractivity contribution in [1.29, 1.82) is 0 Å².